The van der Waals surface area contributed by atoms with Gasteiger partial charge in [0.25, 0.3) is 0 Å². The summed E-state index contributed by atoms with van der Waals surface area (Å²) in [6.07, 6.45) is 7.27. The summed E-state index contributed by atoms with van der Waals surface area (Å²) in [5, 5.41) is 12.3. The number of rotatable bonds is 5. The van der Waals surface area contributed by atoms with E-state index in [4.69, 9.17) is 4.74 Å². The number of aromatic nitrogens is 5. The van der Waals surface area contributed by atoms with E-state index in [2.05, 4.69) is 34.9 Å². The second-order valence-corrected chi connectivity index (χ2v) is 6.78. The van der Waals surface area contributed by atoms with E-state index in [-0.39, 0.29) is 0 Å². The number of fused-ring (bicyclic) bond motifs is 1. The number of hydrogen-bond donors (Lipinski definition) is 1. The minimum absolute atomic E-state index is 0.433. The predicted molar refractivity (Wildman–Crippen MR) is 93.5 cm³/mol. The predicted octanol–water partition coefficient (Wildman–Crippen LogP) is 1.49. The zero-order valence-electron chi connectivity index (χ0n) is 14.7. The average Bonchev–Trinajstić information content (AvgIpc) is 3.07. The number of methoxy groups -OCH3 is 1. The third-order valence-corrected chi connectivity index (χ3v) is 5.09. The number of nitrogens with zero attached hydrogens (tertiary/aromatic N) is 6. The van der Waals surface area contributed by atoms with E-state index in [0.717, 1.165) is 62.9 Å². The number of nitrogens with one attached hydrogen (secondary N) is 1. The van der Waals surface area contributed by atoms with E-state index in [1.165, 1.54) is 19.2 Å². The van der Waals surface area contributed by atoms with Crippen molar-refractivity contribution in [2.24, 2.45) is 0 Å². The molecule has 2 aliphatic heterocycles. The minimum Gasteiger partial charge on any atom is -0.481 e. The Balaban J connectivity index is 1.30. The smallest absolute Gasteiger partial charge is 0.218 e. The summed E-state index contributed by atoms with van der Waals surface area (Å²) in [4.78, 5) is 10.8. The lowest BCUT2D eigenvalue weighted by Gasteiger charge is -2.32. The van der Waals surface area contributed by atoms with Crippen LogP contribution in [0.3, 0.4) is 0 Å². The summed E-state index contributed by atoms with van der Waals surface area (Å²) in [5.74, 6) is 3.71. The molecule has 4 rings (SSSR count). The molecule has 1 saturated heterocycles. The summed E-state index contributed by atoms with van der Waals surface area (Å²) in [7, 11) is 1.62. The van der Waals surface area contributed by atoms with Crippen molar-refractivity contribution >= 4 is 5.82 Å². The van der Waals surface area contributed by atoms with Crippen LogP contribution in [0.15, 0.2) is 12.4 Å². The van der Waals surface area contributed by atoms with Crippen LogP contribution in [0.25, 0.3) is 0 Å². The van der Waals surface area contributed by atoms with Gasteiger partial charge in [-0.3, -0.25) is 4.90 Å². The fraction of sp³-hybridized carbons (Fsp3) is 0.647. The molecule has 25 heavy (non-hydrogen) atoms. The Hall–Kier alpha value is -2.22. The molecule has 0 radical (unpaired) electrons. The summed E-state index contributed by atoms with van der Waals surface area (Å²) >= 11 is 0. The highest BCUT2D eigenvalue weighted by atomic mass is 16.5. The molecular formula is C17H25N7O. The van der Waals surface area contributed by atoms with Gasteiger partial charge in [-0.05, 0) is 25.7 Å². The lowest BCUT2D eigenvalue weighted by atomic mass is 10.1. The quantitative estimate of drug-likeness (QED) is 0.881. The van der Waals surface area contributed by atoms with Gasteiger partial charge in [-0.15, -0.1) is 10.2 Å². The molecule has 2 aromatic rings. The standard InChI is InChI=1S/C17H25N7O/c1-25-17-10-14(18-12-19-17)20-13-5-8-23(9-6-13)11-16-22-21-15-4-2-3-7-24(15)16/h10,12-13H,2-9,11H2,1H3,(H,18,19,20). The number of anilines is 1. The Morgan fingerprint density at radius 2 is 2.04 bits per heavy atom. The van der Waals surface area contributed by atoms with Gasteiger partial charge in [0.05, 0.1) is 13.7 Å². The molecule has 2 aliphatic rings. The van der Waals surface area contributed by atoms with Gasteiger partial charge < -0.3 is 14.6 Å². The van der Waals surface area contributed by atoms with E-state index >= 15 is 0 Å². The Morgan fingerprint density at radius 1 is 1.16 bits per heavy atom. The molecule has 0 aliphatic carbocycles. The van der Waals surface area contributed by atoms with Crippen LogP contribution in [0.4, 0.5) is 5.82 Å². The Labute approximate surface area is 147 Å². The molecule has 0 unspecified atom stereocenters. The van der Waals surface area contributed by atoms with Crippen LogP contribution in [0, 0.1) is 0 Å². The lowest BCUT2D eigenvalue weighted by molar-refractivity contribution is 0.203. The normalized spacial score (nSPS) is 18.8. The van der Waals surface area contributed by atoms with Crippen LogP contribution in [0.2, 0.25) is 0 Å². The molecule has 0 spiro atoms. The highest BCUT2D eigenvalue weighted by Crippen LogP contribution is 2.20. The molecule has 0 saturated carbocycles. The van der Waals surface area contributed by atoms with Crippen molar-refractivity contribution in [1.29, 1.82) is 0 Å². The molecule has 8 nitrogen and oxygen atoms in total. The molecule has 8 heteroatoms. The molecule has 0 amide bonds. The summed E-state index contributed by atoms with van der Waals surface area (Å²) in [6.45, 7) is 4.09. The Bertz CT molecular complexity index is 709. The van der Waals surface area contributed by atoms with Crippen LogP contribution >= 0.6 is 0 Å². The van der Waals surface area contributed by atoms with Crippen molar-refractivity contribution in [3.05, 3.63) is 24.0 Å². The van der Waals surface area contributed by atoms with Crippen molar-refractivity contribution in [2.75, 3.05) is 25.5 Å². The molecule has 1 N–H and O–H groups in total. The molecular weight excluding hydrogens is 318 g/mol. The maximum atomic E-state index is 5.15. The highest BCUT2D eigenvalue weighted by molar-refractivity contribution is 5.38. The average molecular weight is 343 g/mol. The number of likely N-dealkylation sites (tertiary alicyclic amines) is 1. The molecule has 4 heterocycles. The van der Waals surface area contributed by atoms with E-state index in [9.17, 15) is 0 Å². The van der Waals surface area contributed by atoms with Gasteiger partial charge in [0.15, 0.2) is 0 Å². The second-order valence-electron chi connectivity index (χ2n) is 6.78. The molecule has 0 aromatic carbocycles. The highest BCUT2D eigenvalue weighted by Gasteiger charge is 2.23. The van der Waals surface area contributed by atoms with Crippen LogP contribution in [-0.2, 0) is 19.5 Å². The van der Waals surface area contributed by atoms with E-state index < -0.39 is 0 Å². The molecule has 134 valence electrons. The van der Waals surface area contributed by atoms with Crippen molar-refractivity contribution in [2.45, 2.75) is 51.2 Å². The van der Waals surface area contributed by atoms with Gasteiger partial charge >= 0.3 is 0 Å². The van der Waals surface area contributed by atoms with Crippen molar-refractivity contribution in [3.8, 4) is 5.88 Å². The van der Waals surface area contributed by atoms with E-state index in [1.807, 2.05) is 6.07 Å². The fourth-order valence-electron chi connectivity index (χ4n) is 3.66. The van der Waals surface area contributed by atoms with Crippen molar-refractivity contribution < 1.29 is 4.74 Å². The number of piperidine rings is 1. The fourth-order valence-corrected chi connectivity index (χ4v) is 3.66. The zero-order chi connectivity index (χ0) is 17.1. The van der Waals surface area contributed by atoms with Gasteiger partial charge in [0.1, 0.15) is 23.8 Å². The maximum absolute atomic E-state index is 5.15. The first-order valence-electron chi connectivity index (χ1n) is 9.07. The SMILES string of the molecule is COc1cc(NC2CCN(Cc3nnc4n3CCCC4)CC2)ncn1. The zero-order valence-corrected chi connectivity index (χ0v) is 14.7. The first kappa shape index (κ1) is 16.3. The van der Waals surface area contributed by atoms with Gasteiger partial charge in [-0.1, -0.05) is 0 Å². The monoisotopic (exact) mass is 343 g/mol. The van der Waals surface area contributed by atoms with E-state index in [1.54, 1.807) is 7.11 Å². The summed E-state index contributed by atoms with van der Waals surface area (Å²) < 4.78 is 7.47. The summed E-state index contributed by atoms with van der Waals surface area (Å²) in [5.41, 5.74) is 0. The van der Waals surface area contributed by atoms with Crippen LogP contribution in [0.5, 0.6) is 5.88 Å². The summed E-state index contributed by atoms with van der Waals surface area (Å²) in [6, 6.07) is 2.28. The van der Waals surface area contributed by atoms with Crippen LogP contribution in [0.1, 0.15) is 37.3 Å². The molecule has 1 fully saturated rings. The van der Waals surface area contributed by atoms with Crippen molar-refractivity contribution in [1.82, 2.24) is 29.6 Å². The first-order valence-corrected chi connectivity index (χ1v) is 9.07. The Kier molecular flexibility index (Phi) is 4.78. The van der Waals surface area contributed by atoms with Gasteiger partial charge in [-0.25, -0.2) is 9.97 Å². The lowest BCUT2D eigenvalue weighted by Crippen LogP contribution is -2.39. The Morgan fingerprint density at radius 3 is 2.88 bits per heavy atom. The molecule has 0 atom stereocenters. The topological polar surface area (TPSA) is 81.0 Å². The minimum atomic E-state index is 0.433. The largest absolute Gasteiger partial charge is 0.481 e. The third kappa shape index (κ3) is 3.73. The van der Waals surface area contributed by atoms with Crippen molar-refractivity contribution in [3.63, 3.8) is 0 Å². The van der Waals surface area contributed by atoms with Gasteiger partial charge in [0.2, 0.25) is 5.88 Å². The number of hydrogen-bond acceptors (Lipinski definition) is 7. The van der Waals surface area contributed by atoms with Gasteiger partial charge in [-0.2, -0.15) is 0 Å². The van der Waals surface area contributed by atoms with Crippen LogP contribution in [-0.4, -0.2) is 55.9 Å². The van der Waals surface area contributed by atoms with Crippen LogP contribution < -0.4 is 10.1 Å². The first-order chi connectivity index (χ1) is 12.3. The number of ether oxygens (including phenoxy) is 1. The van der Waals surface area contributed by atoms with E-state index in [0.29, 0.717) is 11.9 Å². The molecule has 0 bridgehead atoms. The number of aryl methyl sites for hydroxylation is 1. The maximum Gasteiger partial charge on any atom is 0.218 e. The second kappa shape index (κ2) is 7.35. The molecule has 2 aromatic heterocycles. The van der Waals surface area contributed by atoms with Gasteiger partial charge in [0, 0.05) is 38.2 Å². The third-order valence-electron chi connectivity index (χ3n) is 5.09.